The average Bonchev–Trinajstić information content (AvgIpc) is 3.43. The highest BCUT2D eigenvalue weighted by Gasteiger charge is 2.59. The van der Waals surface area contributed by atoms with Gasteiger partial charge in [-0.2, -0.15) is 10.2 Å². The molecule has 2 unspecified atom stereocenters. The van der Waals surface area contributed by atoms with Gasteiger partial charge in [-0.05, 0) is 67.9 Å². The van der Waals surface area contributed by atoms with Crippen LogP contribution in [0, 0.1) is 33.2 Å². The monoisotopic (exact) mass is 546 g/mol. The van der Waals surface area contributed by atoms with Crippen LogP contribution in [0.2, 0.25) is 10.0 Å². The first-order chi connectivity index (χ1) is 17.6. The van der Waals surface area contributed by atoms with Crippen molar-refractivity contribution in [1.82, 2.24) is 19.6 Å². The molecule has 2 aromatic heterocycles. The second-order valence-corrected chi connectivity index (χ2v) is 11.8. The summed E-state index contributed by atoms with van der Waals surface area (Å²) in [6, 6.07) is 4.47. The minimum Gasteiger partial charge on any atom is -0.308 e. The molecule has 0 saturated heterocycles. The van der Waals surface area contributed by atoms with E-state index in [9.17, 15) is 19.3 Å². The van der Waals surface area contributed by atoms with Gasteiger partial charge in [-0.15, -0.1) is 0 Å². The molecule has 194 valence electrons. The molecule has 4 fully saturated rings. The van der Waals surface area contributed by atoms with E-state index in [0.29, 0.717) is 23.8 Å². The lowest BCUT2D eigenvalue weighted by atomic mass is 9.46. The van der Waals surface area contributed by atoms with Crippen LogP contribution in [0.5, 0.6) is 0 Å². The summed E-state index contributed by atoms with van der Waals surface area (Å²) in [5, 5.41) is 23.4. The minimum atomic E-state index is -0.442. The molecule has 2 heterocycles. The maximum Gasteiger partial charge on any atom is 0.307 e. The molecule has 1 amide bonds. The van der Waals surface area contributed by atoms with Crippen molar-refractivity contribution in [3.63, 3.8) is 0 Å². The molecule has 12 heteroatoms. The van der Waals surface area contributed by atoms with Gasteiger partial charge < -0.3 is 5.32 Å². The Morgan fingerprint density at radius 3 is 2.62 bits per heavy atom. The Bertz CT molecular complexity index is 1370. The Labute approximate surface area is 222 Å². The number of hydrogen-bond donors (Lipinski definition) is 1. The Hall–Kier alpha value is -2.98. The topological polar surface area (TPSA) is 108 Å². The molecular formula is C25H25Cl2FN6O3. The summed E-state index contributed by atoms with van der Waals surface area (Å²) in [7, 11) is 0. The number of nitrogens with zero attached hydrogens (tertiary/aromatic N) is 5. The zero-order valence-corrected chi connectivity index (χ0v) is 21.4. The van der Waals surface area contributed by atoms with Gasteiger partial charge in [-0.3, -0.25) is 24.3 Å². The number of aromatic nitrogens is 4. The summed E-state index contributed by atoms with van der Waals surface area (Å²) in [5.74, 6) is 0.528. The molecule has 2 atom stereocenters. The number of nitro groups is 1. The maximum atomic E-state index is 14.2. The number of halogens is 3. The standard InChI is InChI=1S/C25H25Cl2FN6O3/c26-19-2-1-3-21(28)18(19)12-32-13-20(27)23(31-32)30-22(35)9-24-5-15-4-16(6-24)8-25(7-15,14-24)33-11-17(10-29-33)34(36)37/h1-3,10-11,13,15-16H,4-9,12,14H2,(H,30,31,35). The third kappa shape index (κ3) is 4.40. The van der Waals surface area contributed by atoms with E-state index >= 15 is 0 Å². The molecule has 0 spiro atoms. The van der Waals surface area contributed by atoms with Gasteiger partial charge in [0.15, 0.2) is 5.82 Å². The fourth-order valence-electron chi connectivity index (χ4n) is 7.47. The van der Waals surface area contributed by atoms with Gasteiger partial charge in [0, 0.05) is 23.2 Å². The van der Waals surface area contributed by atoms with E-state index in [4.69, 9.17) is 23.2 Å². The largest absolute Gasteiger partial charge is 0.308 e. The van der Waals surface area contributed by atoms with E-state index in [1.54, 1.807) is 10.7 Å². The first-order valence-corrected chi connectivity index (χ1v) is 13.0. The third-order valence-electron chi connectivity index (χ3n) is 8.31. The van der Waals surface area contributed by atoms with Crippen LogP contribution in [0.1, 0.15) is 50.5 Å². The van der Waals surface area contributed by atoms with Crippen molar-refractivity contribution in [2.45, 2.75) is 57.0 Å². The van der Waals surface area contributed by atoms with Crippen molar-refractivity contribution in [2.24, 2.45) is 17.3 Å². The zero-order chi connectivity index (χ0) is 25.9. The van der Waals surface area contributed by atoms with E-state index < -0.39 is 10.7 Å². The molecule has 4 aliphatic carbocycles. The summed E-state index contributed by atoms with van der Waals surface area (Å²) in [5.41, 5.74) is -0.218. The van der Waals surface area contributed by atoms with Crippen LogP contribution in [0.4, 0.5) is 15.9 Å². The predicted octanol–water partition coefficient (Wildman–Crippen LogP) is 5.81. The molecule has 9 nitrogen and oxygen atoms in total. The second kappa shape index (κ2) is 8.80. The number of carbonyl (C=O) groups is 1. The lowest BCUT2D eigenvalue weighted by Gasteiger charge is -2.61. The van der Waals surface area contributed by atoms with Crippen LogP contribution in [0.25, 0.3) is 0 Å². The van der Waals surface area contributed by atoms with E-state index in [1.165, 1.54) is 35.4 Å². The highest BCUT2D eigenvalue weighted by molar-refractivity contribution is 6.33. The molecule has 0 aliphatic heterocycles. The third-order valence-corrected chi connectivity index (χ3v) is 8.94. The first-order valence-electron chi connectivity index (χ1n) is 12.3. The lowest BCUT2D eigenvalue weighted by Crippen LogP contribution is -2.57. The fraction of sp³-hybridized carbons (Fsp3) is 0.480. The molecule has 7 rings (SSSR count). The van der Waals surface area contributed by atoms with E-state index in [1.807, 2.05) is 0 Å². The fourth-order valence-corrected chi connectivity index (χ4v) is 7.89. The number of nitrogens with one attached hydrogen (secondary N) is 1. The summed E-state index contributed by atoms with van der Waals surface area (Å²) >= 11 is 12.5. The normalized spacial score (nSPS) is 28.0. The summed E-state index contributed by atoms with van der Waals surface area (Å²) in [6.45, 7) is 0.0763. The van der Waals surface area contributed by atoms with Gasteiger partial charge in [-0.25, -0.2) is 4.39 Å². The number of anilines is 1. The molecule has 1 aromatic carbocycles. The maximum absolute atomic E-state index is 14.2. The number of carbonyl (C=O) groups excluding carboxylic acids is 1. The molecule has 4 bridgehead atoms. The lowest BCUT2D eigenvalue weighted by molar-refractivity contribution is -0.385. The van der Waals surface area contributed by atoms with E-state index in [-0.39, 0.29) is 45.0 Å². The zero-order valence-electron chi connectivity index (χ0n) is 19.9. The van der Waals surface area contributed by atoms with E-state index in [2.05, 4.69) is 15.5 Å². The van der Waals surface area contributed by atoms with Crippen LogP contribution >= 0.6 is 23.2 Å². The number of benzene rings is 1. The van der Waals surface area contributed by atoms with Gasteiger partial charge in [-0.1, -0.05) is 29.3 Å². The van der Waals surface area contributed by atoms with Crippen molar-refractivity contribution in [3.8, 4) is 0 Å². The van der Waals surface area contributed by atoms with Crippen molar-refractivity contribution in [2.75, 3.05) is 5.32 Å². The SMILES string of the molecule is O=C(CC12CC3CC(C1)CC(n1cc([N+](=O)[O-])cn1)(C3)C2)Nc1nn(Cc2c(F)cccc2Cl)cc1Cl. The molecule has 37 heavy (non-hydrogen) atoms. The highest BCUT2D eigenvalue weighted by Crippen LogP contribution is 2.65. The Balaban J connectivity index is 1.18. The molecule has 4 saturated carbocycles. The van der Waals surface area contributed by atoms with E-state index in [0.717, 1.165) is 38.5 Å². The smallest absolute Gasteiger partial charge is 0.307 e. The van der Waals surface area contributed by atoms with Crippen LogP contribution in [0.15, 0.2) is 36.8 Å². The first kappa shape index (κ1) is 24.4. The molecule has 3 aromatic rings. The minimum absolute atomic E-state index is 0.00978. The van der Waals surface area contributed by atoms with Gasteiger partial charge in [0.05, 0.1) is 17.0 Å². The number of amides is 1. The Morgan fingerprint density at radius 2 is 1.95 bits per heavy atom. The van der Waals surface area contributed by atoms with Crippen molar-refractivity contribution < 1.29 is 14.1 Å². The molecule has 4 aliphatic rings. The van der Waals surface area contributed by atoms with Crippen LogP contribution in [0.3, 0.4) is 0 Å². The van der Waals surface area contributed by atoms with Gasteiger partial charge in [0.1, 0.15) is 23.2 Å². The average molecular weight is 547 g/mol. The van der Waals surface area contributed by atoms with Gasteiger partial charge in [0.25, 0.3) is 0 Å². The van der Waals surface area contributed by atoms with Crippen LogP contribution in [-0.2, 0) is 16.9 Å². The van der Waals surface area contributed by atoms with Crippen molar-refractivity contribution >= 4 is 40.6 Å². The van der Waals surface area contributed by atoms with Crippen LogP contribution in [-0.4, -0.2) is 30.4 Å². The molecule has 0 radical (unpaired) electrons. The number of hydrogen-bond acceptors (Lipinski definition) is 5. The molecular weight excluding hydrogens is 522 g/mol. The Kier molecular flexibility index (Phi) is 5.80. The summed E-state index contributed by atoms with van der Waals surface area (Å²) in [4.78, 5) is 24.1. The quantitative estimate of drug-likeness (QED) is 0.297. The Morgan fingerprint density at radius 1 is 1.19 bits per heavy atom. The van der Waals surface area contributed by atoms with Crippen LogP contribution < -0.4 is 5.32 Å². The summed E-state index contributed by atoms with van der Waals surface area (Å²) < 4.78 is 17.4. The van der Waals surface area contributed by atoms with Gasteiger partial charge >= 0.3 is 5.69 Å². The van der Waals surface area contributed by atoms with Gasteiger partial charge in [0.2, 0.25) is 5.91 Å². The summed E-state index contributed by atoms with van der Waals surface area (Å²) in [6.07, 6.45) is 10.3. The van der Waals surface area contributed by atoms with Crippen molar-refractivity contribution in [3.05, 3.63) is 68.3 Å². The number of rotatable bonds is 7. The highest BCUT2D eigenvalue weighted by atomic mass is 35.5. The predicted molar refractivity (Wildman–Crippen MR) is 135 cm³/mol. The second-order valence-electron chi connectivity index (χ2n) is 11.0. The molecule has 1 N–H and O–H groups in total. The van der Waals surface area contributed by atoms with Crippen molar-refractivity contribution in [1.29, 1.82) is 0 Å².